The third-order valence-corrected chi connectivity index (χ3v) is 3.66. The molecule has 3 aromatic rings. The van der Waals surface area contributed by atoms with Gasteiger partial charge in [0.25, 0.3) is 5.91 Å². The number of aryl methyl sites for hydroxylation is 2. The Morgan fingerprint density at radius 3 is 2.87 bits per heavy atom. The number of nitrogens with zero attached hydrogens (tertiary/aromatic N) is 6. The van der Waals surface area contributed by atoms with E-state index in [0.29, 0.717) is 0 Å². The van der Waals surface area contributed by atoms with E-state index in [1.54, 1.807) is 15.6 Å². The smallest absolute Gasteiger partial charge is 0.261 e. The van der Waals surface area contributed by atoms with Gasteiger partial charge in [-0.2, -0.15) is 10.2 Å². The van der Waals surface area contributed by atoms with Crippen LogP contribution in [0, 0.1) is 13.8 Å². The maximum atomic E-state index is 12.0. The molecule has 2 aromatic heterocycles. The predicted octanol–water partition coefficient (Wildman–Crippen LogP) is 0.932. The minimum absolute atomic E-state index is 0.0584. The molecular formula is C15H17N7O. The number of benzene rings is 1. The van der Waals surface area contributed by atoms with Crippen LogP contribution in [0.1, 0.15) is 17.0 Å². The maximum Gasteiger partial charge on any atom is 0.261 e. The molecule has 0 aliphatic heterocycles. The second-order valence-corrected chi connectivity index (χ2v) is 5.24. The fraction of sp³-hybridized carbons (Fsp3) is 0.267. The van der Waals surface area contributed by atoms with Gasteiger partial charge in [-0.05, 0) is 26.0 Å². The molecule has 1 N–H and O–H groups in total. The van der Waals surface area contributed by atoms with Crippen LogP contribution in [0.15, 0.2) is 29.4 Å². The molecule has 0 radical (unpaired) electrons. The van der Waals surface area contributed by atoms with Crippen molar-refractivity contribution in [3.63, 3.8) is 0 Å². The fourth-order valence-electron chi connectivity index (χ4n) is 2.35. The van der Waals surface area contributed by atoms with Gasteiger partial charge in [0.2, 0.25) is 0 Å². The summed E-state index contributed by atoms with van der Waals surface area (Å²) < 4.78 is 3.32. The van der Waals surface area contributed by atoms with Crippen molar-refractivity contribution in [2.45, 2.75) is 20.4 Å². The summed E-state index contributed by atoms with van der Waals surface area (Å²) in [6, 6.07) is 7.48. The number of aromatic nitrogens is 5. The number of fused-ring (bicyclic) bond motifs is 1. The number of carbonyl (C=O) groups is 1. The van der Waals surface area contributed by atoms with Crippen molar-refractivity contribution in [3.05, 3.63) is 41.2 Å². The highest BCUT2D eigenvalue weighted by atomic mass is 16.2. The Labute approximate surface area is 132 Å². The Kier molecular flexibility index (Phi) is 3.88. The summed E-state index contributed by atoms with van der Waals surface area (Å²) in [4.78, 5) is 12.0. The highest BCUT2D eigenvalue weighted by Gasteiger charge is 2.09. The van der Waals surface area contributed by atoms with Gasteiger partial charge in [0.1, 0.15) is 12.1 Å². The molecule has 1 aromatic carbocycles. The molecule has 0 bridgehead atoms. The lowest BCUT2D eigenvalue weighted by molar-refractivity contribution is -0.121. The molecule has 0 atom stereocenters. The SMILES string of the molecule is Cc1nn(C)c(C)c1/C=N\NC(=O)Cn1nnc2ccccc21. The lowest BCUT2D eigenvalue weighted by Gasteiger charge is -2.01. The first-order valence-electron chi connectivity index (χ1n) is 7.16. The van der Waals surface area contributed by atoms with E-state index in [1.807, 2.05) is 45.2 Å². The number of hydrogen-bond donors (Lipinski definition) is 1. The topological polar surface area (TPSA) is 90.0 Å². The molecule has 8 heteroatoms. The number of hydrogen-bond acceptors (Lipinski definition) is 5. The minimum Gasteiger partial charge on any atom is -0.272 e. The molecule has 118 valence electrons. The Hall–Kier alpha value is -3.03. The average molecular weight is 311 g/mol. The second-order valence-electron chi connectivity index (χ2n) is 5.24. The highest BCUT2D eigenvalue weighted by molar-refractivity contribution is 5.85. The molecule has 23 heavy (non-hydrogen) atoms. The molecule has 0 fully saturated rings. The van der Waals surface area contributed by atoms with Gasteiger partial charge in [0, 0.05) is 18.3 Å². The summed E-state index contributed by atoms with van der Waals surface area (Å²) in [5.74, 6) is -0.268. The lowest BCUT2D eigenvalue weighted by atomic mass is 10.2. The number of carbonyl (C=O) groups excluding carboxylic acids is 1. The van der Waals surface area contributed by atoms with Crippen LogP contribution in [-0.2, 0) is 18.4 Å². The molecule has 0 spiro atoms. The predicted molar refractivity (Wildman–Crippen MR) is 85.9 cm³/mol. The van der Waals surface area contributed by atoms with Crippen molar-refractivity contribution in [2.24, 2.45) is 12.1 Å². The Morgan fingerprint density at radius 2 is 2.13 bits per heavy atom. The summed E-state index contributed by atoms with van der Waals surface area (Å²) in [6.45, 7) is 3.91. The number of nitrogens with one attached hydrogen (secondary N) is 1. The first kappa shape index (κ1) is 14.9. The van der Waals surface area contributed by atoms with Crippen LogP contribution in [0.5, 0.6) is 0 Å². The molecule has 3 rings (SSSR count). The molecule has 0 aliphatic carbocycles. The maximum absolute atomic E-state index is 12.0. The van der Waals surface area contributed by atoms with Gasteiger partial charge in [0.15, 0.2) is 0 Å². The van der Waals surface area contributed by atoms with Crippen molar-refractivity contribution in [3.8, 4) is 0 Å². The number of hydrazone groups is 1. The molecule has 2 heterocycles. The van der Waals surface area contributed by atoms with Gasteiger partial charge in [-0.3, -0.25) is 9.48 Å². The molecular weight excluding hydrogens is 294 g/mol. The van der Waals surface area contributed by atoms with Gasteiger partial charge < -0.3 is 0 Å². The van der Waals surface area contributed by atoms with Crippen molar-refractivity contribution >= 4 is 23.2 Å². The molecule has 0 saturated heterocycles. The quantitative estimate of drug-likeness (QED) is 0.573. The second kappa shape index (κ2) is 5.99. The minimum atomic E-state index is -0.268. The Balaban J connectivity index is 1.67. The van der Waals surface area contributed by atoms with E-state index in [2.05, 4.69) is 25.9 Å². The van der Waals surface area contributed by atoms with Crippen molar-refractivity contribution in [1.29, 1.82) is 0 Å². The first-order chi connectivity index (χ1) is 11.1. The van der Waals surface area contributed by atoms with E-state index in [0.717, 1.165) is 28.0 Å². The van der Waals surface area contributed by atoms with Gasteiger partial charge >= 0.3 is 0 Å². The van der Waals surface area contributed by atoms with Gasteiger partial charge in [-0.1, -0.05) is 17.3 Å². The standard InChI is InChI=1S/C15H17N7O/c1-10-12(11(2)21(3)19-10)8-16-18-15(23)9-22-14-7-5-4-6-13(14)17-20-22/h4-8H,9H2,1-3H3,(H,18,23)/b16-8-. The third kappa shape index (κ3) is 2.96. The summed E-state index contributed by atoms with van der Waals surface area (Å²) in [7, 11) is 1.87. The van der Waals surface area contributed by atoms with Gasteiger partial charge in [-0.15, -0.1) is 5.10 Å². The first-order valence-corrected chi connectivity index (χ1v) is 7.16. The van der Waals surface area contributed by atoms with E-state index >= 15 is 0 Å². The summed E-state index contributed by atoms with van der Waals surface area (Å²) in [5.41, 5.74) is 6.82. The molecule has 8 nitrogen and oxygen atoms in total. The van der Waals surface area contributed by atoms with Crippen LogP contribution >= 0.6 is 0 Å². The zero-order chi connectivity index (χ0) is 16.4. The zero-order valence-electron chi connectivity index (χ0n) is 13.2. The highest BCUT2D eigenvalue weighted by Crippen LogP contribution is 2.09. The van der Waals surface area contributed by atoms with Crippen LogP contribution in [0.2, 0.25) is 0 Å². The summed E-state index contributed by atoms with van der Waals surface area (Å²) >= 11 is 0. The van der Waals surface area contributed by atoms with Crippen molar-refractivity contribution < 1.29 is 4.79 Å². The largest absolute Gasteiger partial charge is 0.272 e. The monoisotopic (exact) mass is 311 g/mol. The van der Waals surface area contributed by atoms with Crippen LogP contribution in [0.3, 0.4) is 0 Å². The van der Waals surface area contributed by atoms with Gasteiger partial charge in [-0.25, -0.2) is 10.1 Å². The molecule has 0 aliphatic rings. The van der Waals surface area contributed by atoms with E-state index in [4.69, 9.17) is 0 Å². The van der Waals surface area contributed by atoms with Crippen LogP contribution in [0.4, 0.5) is 0 Å². The Morgan fingerprint density at radius 1 is 1.35 bits per heavy atom. The zero-order valence-corrected chi connectivity index (χ0v) is 13.2. The summed E-state index contributed by atoms with van der Waals surface area (Å²) in [5, 5.41) is 16.3. The van der Waals surface area contributed by atoms with E-state index in [9.17, 15) is 4.79 Å². The lowest BCUT2D eigenvalue weighted by Crippen LogP contribution is -2.23. The number of rotatable bonds is 4. The van der Waals surface area contributed by atoms with E-state index in [-0.39, 0.29) is 12.5 Å². The van der Waals surface area contributed by atoms with Crippen LogP contribution in [0.25, 0.3) is 11.0 Å². The number of amides is 1. The molecule has 0 saturated carbocycles. The van der Waals surface area contributed by atoms with Crippen molar-refractivity contribution in [2.75, 3.05) is 0 Å². The van der Waals surface area contributed by atoms with Crippen LogP contribution in [-0.4, -0.2) is 36.9 Å². The van der Waals surface area contributed by atoms with E-state index < -0.39 is 0 Å². The molecule has 1 amide bonds. The van der Waals surface area contributed by atoms with Gasteiger partial charge in [0.05, 0.1) is 17.4 Å². The average Bonchev–Trinajstić information content (AvgIpc) is 3.03. The van der Waals surface area contributed by atoms with E-state index in [1.165, 1.54) is 0 Å². The van der Waals surface area contributed by atoms with Crippen LogP contribution < -0.4 is 5.43 Å². The third-order valence-electron chi connectivity index (χ3n) is 3.66. The summed E-state index contributed by atoms with van der Waals surface area (Å²) in [6.07, 6.45) is 1.61. The normalized spacial score (nSPS) is 11.4. The van der Waals surface area contributed by atoms with Crippen molar-refractivity contribution in [1.82, 2.24) is 30.2 Å². The fourth-order valence-corrected chi connectivity index (χ4v) is 2.35. The Bertz CT molecular complexity index is 891. The number of para-hydroxylation sites is 1. The molecule has 0 unspecified atom stereocenters.